The van der Waals surface area contributed by atoms with Crippen molar-refractivity contribution >= 4 is 21.7 Å². The highest BCUT2D eigenvalue weighted by atomic mass is 79.9. The normalized spacial score (nSPS) is 11.1. The number of anilines is 1. The first-order chi connectivity index (χ1) is 8.99. The van der Waals surface area contributed by atoms with Crippen molar-refractivity contribution in [1.82, 2.24) is 20.3 Å². The molecule has 6 nitrogen and oxygen atoms in total. The fraction of sp³-hybridized carbons (Fsp3) is 0.500. The molecule has 0 aromatic carbocycles. The topological polar surface area (TPSA) is 76.7 Å². The molecule has 2 aromatic rings. The molecule has 0 aliphatic heterocycles. The number of aromatic nitrogens is 4. The third-order valence-corrected chi connectivity index (χ3v) is 3.67. The lowest BCUT2D eigenvalue weighted by atomic mass is 10.2. The number of nitrogens with zero attached hydrogens (tertiary/aromatic N) is 4. The second-order valence-electron chi connectivity index (χ2n) is 4.63. The average Bonchev–Trinajstić information content (AvgIpc) is 2.76. The fourth-order valence-electron chi connectivity index (χ4n) is 1.53. The number of hydrogen-bond donors (Lipinski definition) is 1. The Morgan fingerprint density at radius 2 is 1.89 bits per heavy atom. The Bertz CT molecular complexity index is 581. The highest BCUT2D eigenvalue weighted by molar-refractivity contribution is 9.10. The van der Waals surface area contributed by atoms with E-state index in [0.717, 1.165) is 33.2 Å². The SMILES string of the molecule is Cc1nonc1CNc1nc(C(C)C)nc(C)c1Br. The molecular weight excluding hydrogens is 310 g/mol. The molecule has 0 bridgehead atoms. The van der Waals surface area contributed by atoms with Gasteiger partial charge in [-0.2, -0.15) is 0 Å². The average molecular weight is 326 g/mol. The minimum absolute atomic E-state index is 0.280. The van der Waals surface area contributed by atoms with Gasteiger partial charge in [0.05, 0.1) is 16.7 Å². The Hall–Kier alpha value is -1.50. The molecule has 0 aliphatic rings. The van der Waals surface area contributed by atoms with E-state index in [9.17, 15) is 0 Å². The summed E-state index contributed by atoms with van der Waals surface area (Å²) < 4.78 is 5.53. The quantitative estimate of drug-likeness (QED) is 0.931. The van der Waals surface area contributed by atoms with Crippen molar-refractivity contribution in [3.8, 4) is 0 Å². The Balaban J connectivity index is 2.22. The van der Waals surface area contributed by atoms with Gasteiger partial charge in [0.2, 0.25) is 0 Å². The molecule has 2 aromatic heterocycles. The van der Waals surface area contributed by atoms with E-state index in [0.29, 0.717) is 6.54 Å². The summed E-state index contributed by atoms with van der Waals surface area (Å²) in [4.78, 5) is 8.96. The van der Waals surface area contributed by atoms with Crippen LogP contribution < -0.4 is 5.32 Å². The van der Waals surface area contributed by atoms with Gasteiger partial charge < -0.3 is 5.32 Å². The largest absolute Gasteiger partial charge is 0.363 e. The van der Waals surface area contributed by atoms with E-state index in [4.69, 9.17) is 0 Å². The summed E-state index contributed by atoms with van der Waals surface area (Å²) in [6, 6.07) is 0. The zero-order chi connectivity index (χ0) is 14.0. The van der Waals surface area contributed by atoms with Crippen LogP contribution in [0.3, 0.4) is 0 Å². The van der Waals surface area contributed by atoms with Gasteiger partial charge >= 0.3 is 0 Å². The lowest BCUT2D eigenvalue weighted by molar-refractivity contribution is 0.301. The van der Waals surface area contributed by atoms with Crippen molar-refractivity contribution in [3.63, 3.8) is 0 Å². The van der Waals surface area contributed by atoms with Crippen molar-refractivity contribution in [2.24, 2.45) is 0 Å². The summed E-state index contributed by atoms with van der Waals surface area (Å²) in [7, 11) is 0. The minimum Gasteiger partial charge on any atom is -0.363 e. The molecule has 102 valence electrons. The van der Waals surface area contributed by atoms with E-state index in [1.54, 1.807) is 0 Å². The lowest BCUT2D eigenvalue weighted by Gasteiger charge is -2.12. The second-order valence-corrected chi connectivity index (χ2v) is 5.43. The maximum Gasteiger partial charge on any atom is 0.144 e. The van der Waals surface area contributed by atoms with Crippen LogP contribution in [0.4, 0.5) is 5.82 Å². The minimum atomic E-state index is 0.280. The third kappa shape index (κ3) is 3.09. The monoisotopic (exact) mass is 325 g/mol. The third-order valence-electron chi connectivity index (χ3n) is 2.72. The van der Waals surface area contributed by atoms with Crippen molar-refractivity contribution in [2.45, 2.75) is 40.2 Å². The summed E-state index contributed by atoms with van der Waals surface area (Å²) in [5.41, 5.74) is 2.46. The highest BCUT2D eigenvalue weighted by Crippen LogP contribution is 2.25. The van der Waals surface area contributed by atoms with Crippen LogP contribution >= 0.6 is 15.9 Å². The van der Waals surface area contributed by atoms with E-state index < -0.39 is 0 Å². The van der Waals surface area contributed by atoms with Crippen LogP contribution in [0.2, 0.25) is 0 Å². The van der Waals surface area contributed by atoms with Gasteiger partial charge in [-0.3, -0.25) is 0 Å². The molecular formula is C12H16BrN5O. The molecule has 0 atom stereocenters. The number of rotatable bonds is 4. The fourth-order valence-corrected chi connectivity index (χ4v) is 1.85. The molecule has 0 saturated heterocycles. The summed E-state index contributed by atoms with van der Waals surface area (Å²) in [6.07, 6.45) is 0. The Kier molecular flexibility index (Phi) is 4.14. The molecule has 0 unspecified atom stereocenters. The summed E-state index contributed by atoms with van der Waals surface area (Å²) in [6.45, 7) is 8.46. The molecule has 2 heterocycles. The van der Waals surface area contributed by atoms with Crippen molar-refractivity contribution in [1.29, 1.82) is 0 Å². The van der Waals surface area contributed by atoms with Gasteiger partial charge in [0, 0.05) is 5.92 Å². The van der Waals surface area contributed by atoms with Crippen molar-refractivity contribution in [3.05, 3.63) is 27.4 Å². The van der Waals surface area contributed by atoms with Crippen LogP contribution in [0.25, 0.3) is 0 Å². The summed E-state index contributed by atoms with van der Waals surface area (Å²) in [5.74, 6) is 1.86. The van der Waals surface area contributed by atoms with E-state index >= 15 is 0 Å². The zero-order valence-corrected chi connectivity index (χ0v) is 12.9. The Labute approximate surface area is 120 Å². The van der Waals surface area contributed by atoms with E-state index in [1.807, 2.05) is 13.8 Å². The highest BCUT2D eigenvalue weighted by Gasteiger charge is 2.13. The molecule has 1 N–H and O–H groups in total. The predicted molar refractivity (Wildman–Crippen MR) is 74.9 cm³/mol. The van der Waals surface area contributed by atoms with Crippen LogP contribution in [0.15, 0.2) is 9.10 Å². The van der Waals surface area contributed by atoms with Crippen LogP contribution in [0.5, 0.6) is 0 Å². The Morgan fingerprint density at radius 1 is 1.16 bits per heavy atom. The predicted octanol–water partition coefficient (Wildman–Crippen LogP) is 2.97. The van der Waals surface area contributed by atoms with Crippen LogP contribution in [0.1, 0.15) is 42.7 Å². The maximum absolute atomic E-state index is 4.67. The molecule has 0 fully saturated rings. The van der Waals surface area contributed by atoms with Gasteiger partial charge in [-0.25, -0.2) is 14.6 Å². The smallest absolute Gasteiger partial charge is 0.144 e. The molecule has 19 heavy (non-hydrogen) atoms. The molecule has 0 spiro atoms. The number of halogens is 1. The molecule has 2 rings (SSSR count). The van der Waals surface area contributed by atoms with Gasteiger partial charge in [-0.05, 0) is 29.8 Å². The van der Waals surface area contributed by atoms with Gasteiger partial charge in [-0.1, -0.05) is 24.2 Å². The van der Waals surface area contributed by atoms with E-state index in [-0.39, 0.29) is 5.92 Å². The summed E-state index contributed by atoms with van der Waals surface area (Å²) in [5, 5.41) is 10.8. The molecule has 0 radical (unpaired) electrons. The molecule has 0 amide bonds. The molecule has 0 aliphatic carbocycles. The first-order valence-corrected chi connectivity index (χ1v) is 6.84. The van der Waals surface area contributed by atoms with Gasteiger partial charge in [0.25, 0.3) is 0 Å². The maximum atomic E-state index is 4.67. The van der Waals surface area contributed by atoms with Crippen molar-refractivity contribution in [2.75, 3.05) is 5.32 Å². The molecule has 7 heteroatoms. The second kappa shape index (κ2) is 5.64. The number of nitrogens with one attached hydrogen (secondary N) is 1. The number of hydrogen-bond acceptors (Lipinski definition) is 6. The van der Waals surface area contributed by atoms with E-state index in [2.05, 4.69) is 60.0 Å². The Morgan fingerprint density at radius 3 is 2.47 bits per heavy atom. The first-order valence-electron chi connectivity index (χ1n) is 6.05. The van der Waals surface area contributed by atoms with Gasteiger partial charge in [-0.15, -0.1) is 0 Å². The van der Waals surface area contributed by atoms with Crippen LogP contribution in [-0.2, 0) is 6.54 Å². The van der Waals surface area contributed by atoms with Crippen LogP contribution in [-0.4, -0.2) is 20.3 Å². The summed E-state index contributed by atoms with van der Waals surface area (Å²) >= 11 is 3.50. The van der Waals surface area contributed by atoms with Gasteiger partial charge in [0.15, 0.2) is 0 Å². The lowest BCUT2D eigenvalue weighted by Crippen LogP contribution is -2.08. The standard InChI is InChI=1S/C12H16BrN5O/c1-6(2)11-15-8(4)10(13)12(16-11)14-5-9-7(3)17-19-18-9/h6H,5H2,1-4H3,(H,14,15,16). The van der Waals surface area contributed by atoms with Crippen LogP contribution in [0, 0.1) is 13.8 Å². The van der Waals surface area contributed by atoms with Gasteiger partial charge in [0.1, 0.15) is 23.0 Å². The number of aryl methyl sites for hydroxylation is 2. The van der Waals surface area contributed by atoms with E-state index in [1.165, 1.54) is 0 Å². The zero-order valence-electron chi connectivity index (χ0n) is 11.4. The molecule has 0 saturated carbocycles. The van der Waals surface area contributed by atoms with Crippen molar-refractivity contribution < 1.29 is 4.63 Å². The first kappa shape index (κ1) is 13.9.